The Hall–Kier alpha value is -3.41. The van der Waals surface area contributed by atoms with Crippen molar-refractivity contribution < 1.29 is 22.7 Å². The standard InChI is InChI=1S/C21H24F3N7O2/c1-3-13-9-16-19(30-5-7-33-8-6-30)28-18(29-31(16)12-13)14-11-26-17(27-20(32)25-4-2)10-15(14)21(22,23)24/h9-12H,3-8H2,1-2H3,(H2,25,26,27,32). The second kappa shape index (κ2) is 9.22. The lowest BCUT2D eigenvalue weighted by Gasteiger charge is -2.28. The number of alkyl halides is 3. The van der Waals surface area contributed by atoms with Gasteiger partial charge in [0.25, 0.3) is 0 Å². The van der Waals surface area contributed by atoms with E-state index in [0.29, 0.717) is 44.2 Å². The van der Waals surface area contributed by atoms with Crippen molar-refractivity contribution in [2.75, 3.05) is 43.1 Å². The van der Waals surface area contributed by atoms with Crippen LogP contribution in [0.25, 0.3) is 16.9 Å². The number of ether oxygens (including phenoxy) is 1. The zero-order valence-corrected chi connectivity index (χ0v) is 18.2. The van der Waals surface area contributed by atoms with Crippen molar-refractivity contribution in [1.82, 2.24) is 24.9 Å². The highest BCUT2D eigenvalue weighted by Gasteiger charge is 2.36. The minimum absolute atomic E-state index is 0.105. The topological polar surface area (TPSA) is 96.7 Å². The summed E-state index contributed by atoms with van der Waals surface area (Å²) in [6, 6.07) is 2.09. The minimum atomic E-state index is -4.71. The van der Waals surface area contributed by atoms with Crippen molar-refractivity contribution in [1.29, 1.82) is 0 Å². The average molecular weight is 463 g/mol. The van der Waals surface area contributed by atoms with E-state index in [1.807, 2.05) is 17.9 Å². The number of carbonyl (C=O) groups is 1. The molecule has 0 spiro atoms. The highest BCUT2D eigenvalue weighted by atomic mass is 19.4. The number of anilines is 2. The molecule has 1 fully saturated rings. The Bertz CT molecular complexity index is 1160. The maximum Gasteiger partial charge on any atom is 0.417 e. The number of morpholine rings is 1. The van der Waals surface area contributed by atoms with Gasteiger partial charge in [-0.15, -0.1) is 5.10 Å². The Morgan fingerprint density at radius 3 is 2.64 bits per heavy atom. The summed E-state index contributed by atoms with van der Waals surface area (Å²) in [6.45, 7) is 6.15. The van der Waals surface area contributed by atoms with Gasteiger partial charge in [0.2, 0.25) is 0 Å². The van der Waals surface area contributed by atoms with E-state index in [0.717, 1.165) is 24.2 Å². The number of amides is 2. The van der Waals surface area contributed by atoms with Crippen LogP contribution in [0.4, 0.5) is 29.6 Å². The van der Waals surface area contributed by atoms with Crippen LogP contribution in [0.1, 0.15) is 25.0 Å². The molecule has 2 amide bonds. The first kappa shape index (κ1) is 22.8. The Balaban J connectivity index is 1.84. The van der Waals surface area contributed by atoms with Crippen LogP contribution in [-0.4, -0.2) is 58.5 Å². The smallest absolute Gasteiger partial charge is 0.378 e. The molecular weight excluding hydrogens is 439 g/mol. The van der Waals surface area contributed by atoms with Gasteiger partial charge in [-0.1, -0.05) is 6.92 Å². The molecule has 0 atom stereocenters. The van der Waals surface area contributed by atoms with Gasteiger partial charge in [-0.2, -0.15) is 13.2 Å². The Kier molecular flexibility index (Phi) is 6.36. The molecule has 33 heavy (non-hydrogen) atoms. The number of hydrogen-bond acceptors (Lipinski definition) is 6. The summed E-state index contributed by atoms with van der Waals surface area (Å²) in [5.41, 5.74) is 0.451. The quantitative estimate of drug-likeness (QED) is 0.603. The molecule has 0 radical (unpaired) electrons. The summed E-state index contributed by atoms with van der Waals surface area (Å²) in [6.07, 6.45) is -1.13. The van der Waals surface area contributed by atoms with Gasteiger partial charge in [0, 0.05) is 32.0 Å². The molecule has 3 aromatic rings. The molecule has 1 saturated heterocycles. The molecule has 1 aliphatic rings. The Labute approximate surface area is 188 Å². The number of urea groups is 1. The van der Waals surface area contributed by atoms with E-state index < -0.39 is 17.8 Å². The third kappa shape index (κ3) is 4.85. The molecule has 1 aliphatic heterocycles. The second-order valence-corrected chi connectivity index (χ2v) is 7.49. The molecule has 3 aromatic heterocycles. The van der Waals surface area contributed by atoms with E-state index in [-0.39, 0.29) is 17.2 Å². The molecule has 0 saturated carbocycles. The van der Waals surface area contributed by atoms with Gasteiger partial charge in [-0.25, -0.2) is 19.3 Å². The maximum atomic E-state index is 14.0. The molecule has 12 heteroatoms. The molecule has 0 aliphatic carbocycles. The first-order valence-corrected chi connectivity index (χ1v) is 10.6. The van der Waals surface area contributed by atoms with E-state index in [1.54, 1.807) is 17.6 Å². The number of nitrogens with zero attached hydrogens (tertiary/aromatic N) is 5. The summed E-state index contributed by atoms with van der Waals surface area (Å²) in [5.74, 6) is 0.216. The lowest BCUT2D eigenvalue weighted by molar-refractivity contribution is -0.137. The zero-order valence-electron chi connectivity index (χ0n) is 18.2. The summed E-state index contributed by atoms with van der Waals surface area (Å²) >= 11 is 0. The molecule has 176 valence electrons. The average Bonchev–Trinajstić information content (AvgIpc) is 3.22. The minimum Gasteiger partial charge on any atom is -0.378 e. The van der Waals surface area contributed by atoms with E-state index in [9.17, 15) is 18.0 Å². The number of pyridine rings is 1. The van der Waals surface area contributed by atoms with Gasteiger partial charge in [0.15, 0.2) is 11.6 Å². The van der Waals surface area contributed by atoms with Gasteiger partial charge in [0.1, 0.15) is 11.3 Å². The summed E-state index contributed by atoms with van der Waals surface area (Å²) in [4.78, 5) is 22.3. The lowest BCUT2D eigenvalue weighted by atomic mass is 10.1. The van der Waals surface area contributed by atoms with Crippen molar-refractivity contribution in [2.45, 2.75) is 26.4 Å². The Morgan fingerprint density at radius 2 is 1.97 bits per heavy atom. The number of aromatic nitrogens is 4. The van der Waals surface area contributed by atoms with Gasteiger partial charge < -0.3 is 15.0 Å². The number of nitrogens with one attached hydrogen (secondary N) is 2. The van der Waals surface area contributed by atoms with Crippen LogP contribution in [0.3, 0.4) is 0 Å². The van der Waals surface area contributed by atoms with Crippen LogP contribution < -0.4 is 15.5 Å². The molecule has 9 nitrogen and oxygen atoms in total. The number of fused-ring (bicyclic) bond motifs is 1. The predicted molar refractivity (Wildman–Crippen MR) is 116 cm³/mol. The Morgan fingerprint density at radius 1 is 1.21 bits per heavy atom. The fourth-order valence-corrected chi connectivity index (χ4v) is 3.61. The molecule has 0 aromatic carbocycles. The van der Waals surface area contributed by atoms with Crippen LogP contribution in [0.15, 0.2) is 24.5 Å². The molecule has 4 heterocycles. The number of rotatable bonds is 5. The molecule has 2 N–H and O–H groups in total. The van der Waals surface area contributed by atoms with Crippen LogP contribution in [-0.2, 0) is 17.3 Å². The fourth-order valence-electron chi connectivity index (χ4n) is 3.61. The van der Waals surface area contributed by atoms with Crippen LogP contribution >= 0.6 is 0 Å². The summed E-state index contributed by atoms with van der Waals surface area (Å²) in [7, 11) is 0. The normalized spacial score (nSPS) is 14.5. The third-order valence-corrected chi connectivity index (χ3v) is 5.25. The van der Waals surface area contributed by atoms with Crippen LogP contribution in [0, 0.1) is 0 Å². The first-order chi connectivity index (χ1) is 15.8. The molecular formula is C21H24F3N7O2. The van der Waals surface area contributed by atoms with Crippen molar-refractivity contribution in [3.63, 3.8) is 0 Å². The summed E-state index contributed by atoms with van der Waals surface area (Å²) in [5, 5.41) is 9.14. The number of aryl methyl sites for hydroxylation is 1. The highest BCUT2D eigenvalue weighted by Crippen LogP contribution is 2.37. The zero-order chi connectivity index (χ0) is 23.6. The van der Waals surface area contributed by atoms with Crippen molar-refractivity contribution >= 4 is 23.2 Å². The fraction of sp³-hybridized carbons (Fsp3) is 0.429. The number of hydrogen-bond donors (Lipinski definition) is 2. The maximum absolute atomic E-state index is 14.0. The molecule has 0 unspecified atom stereocenters. The lowest BCUT2D eigenvalue weighted by Crippen LogP contribution is -2.37. The second-order valence-electron chi connectivity index (χ2n) is 7.49. The van der Waals surface area contributed by atoms with Crippen LogP contribution in [0.2, 0.25) is 0 Å². The monoisotopic (exact) mass is 463 g/mol. The SMILES string of the molecule is CCNC(=O)Nc1cc(C(F)(F)F)c(-c2nc(N3CCOCC3)c3cc(CC)cn3n2)cn1. The summed E-state index contributed by atoms with van der Waals surface area (Å²) < 4.78 is 48.9. The number of carbonyl (C=O) groups excluding carboxylic acids is 1. The molecule has 4 rings (SSSR count). The van der Waals surface area contributed by atoms with E-state index in [1.165, 1.54) is 0 Å². The number of halogens is 3. The van der Waals surface area contributed by atoms with E-state index in [4.69, 9.17) is 4.74 Å². The van der Waals surface area contributed by atoms with Gasteiger partial charge >= 0.3 is 12.2 Å². The van der Waals surface area contributed by atoms with Crippen LogP contribution in [0.5, 0.6) is 0 Å². The highest BCUT2D eigenvalue weighted by molar-refractivity contribution is 5.88. The van der Waals surface area contributed by atoms with Gasteiger partial charge in [-0.05, 0) is 31.0 Å². The van der Waals surface area contributed by atoms with E-state index in [2.05, 4.69) is 25.7 Å². The van der Waals surface area contributed by atoms with Gasteiger partial charge in [-0.3, -0.25) is 5.32 Å². The largest absolute Gasteiger partial charge is 0.417 e. The van der Waals surface area contributed by atoms with Crippen molar-refractivity contribution in [3.05, 3.63) is 35.7 Å². The van der Waals surface area contributed by atoms with Crippen molar-refractivity contribution in [2.24, 2.45) is 0 Å². The van der Waals surface area contributed by atoms with Gasteiger partial charge in [0.05, 0.1) is 24.3 Å². The van der Waals surface area contributed by atoms with E-state index >= 15 is 0 Å². The van der Waals surface area contributed by atoms with Crippen molar-refractivity contribution in [3.8, 4) is 11.4 Å². The first-order valence-electron chi connectivity index (χ1n) is 10.6. The molecule has 0 bridgehead atoms. The predicted octanol–water partition coefficient (Wildman–Crippen LogP) is 3.35. The third-order valence-electron chi connectivity index (χ3n) is 5.25.